The predicted octanol–water partition coefficient (Wildman–Crippen LogP) is 24.4. The Bertz CT molecular complexity index is 6220. The maximum Gasteiger partial charge on any atom is 0.272 e. The van der Waals surface area contributed by atoms with Crippen LogP contribution in [0.15, 0.2) is 170 Å². The first kappa shape index (κ1) is 99.7. The molecule has 0 saturated heterocycles. The maximum atomic E-state index is 13.6. The molecule has 20 nitrogen and oxygen atoms in total. The number of alkyl halides is 1. The van der Waals surface area contributed by atoms with Gasteiger partial charge in [0.15, 0.2) is 17.1 Å². The van der Waals surface area contributed by atoms with Crippen LogP contribution in [0, 0.1) is 87.8 Å². The fourth-order valence-electron chi connectivity index (χ4n) is 25.2. The molecule has 8 N–H and O–H groups in total. The molecule has 12 unspecified atom stereocenters. The van der Waals surface area contributed by atoms with Crippen molar-refractivity contribution in [1.29, 1.82) is 0 Å². The Morgan fingerprint density at radius 2 is 0.699 bits per heavy atom. The molecule has 19 rings (SSSR count). The summed E-state index contributed by atoms with van der Waals surface area (Å²) in [6.45, 7) is 37.5. The first-order valence-electron chi connectivity index (χ1n) is 48.4. The molecule has 11 aromatic rings. The van der Waals surface area contributed by atoms with Gasteiger partial charge in [0.25, 0.3) is 23.6 Å². The van der Waals surface area contributed by atoms with Crippen molar-refractivity contribution in [3.8, 4) is 45.0 Å². The number of hydrogen-bond donors (Lipinski definition) is 7. The van der Waals surface area contributed by atoms with Crippen LogP contribution in [0.1, 0.15) is 258 Å². The minimum absolute atomic E-state index is 0.0804. The standard InChI is InChI=1S/C30H38ClN5O.C30H36ClN3O2.C29H33BrClN3O.C22H28ClN3O2/c1-19-5-7-20(8-6-19)17-36-26(21-9-10-24(31)22(13-21)16-33-18-32)14-25(35-36)27(37)34-28-29(2,3)23-11-12-30(28,4)15-23;1-19-6-8-20(9-7-19)17-34-26(21-10-11-24(31)22(14-21)18-36-5)15-25(33-34)27(35)32-28-29(2,3)23-12-13-30(28,4)16-23;1-18-5-7-19(8-6-18)17-34-25(20-9-10-23(31)21(13-20)16-30)14-24(33-34)26(35)32-27-28(2,3)22-11-12-29(27,4)15-22;1-21(2)15-7-8-22(3,11-15)20(21)24-19(27)18-10-17(25-26-18)13-5-6-16(23)14(9-13)12-28-4/h5-10,13-14,23,28,33H,11-12,15-18,32H2,1-4H3,(H,34,37);6-11,14-15,23,28H,12-13,16-18H2,1-5H3,(H,32,35);5-10,13-14,22,27H,11-12,15-17H2,1-4H3,(H,32,35);5-6,9-10,15,20H,7-8,11-12H2,1-4H3,(H,24,27)(H,25,26). The minimum Gasteiger partial charge on any atom is -0.380 e. The second-order valence-corrected chi connectivity index (χ2v) is 46.2. The van der Waals surface area contributed by atoms with E-state index in [-0.39, 0.29) is 91.1 Å². The van der Waals surface area contributed by atoms with E-state index in [1.165, 1.54) is 93.7 Å². The number of fused-ring (bicyclic) bond motifs is 8. The first-order valence-corrected chi connectivity index (χ1v) is 51.0. The van der Waals surface area contributed by atoms with Crippen LogP contribution in [0.25, 0.3) is 45.0 Å². The molecule has 8 fully saturated rings. The van der Waals surface area contributed by atoms with Gasteiger partial charge >= 0.3 is 0 Å². The summed E-state index contributed by atoms with van der Waals surface area (Å²) in [6.07, 6.45) is 14.5. The number of benzene rings is 7. The minimum atomic E-state index is -0.102. The van der Waals surface area contributed by atoms with Gasteiger partial charge in [0.05, 0.1) is 55.6 Å². The number of H-pyrrole nitrogens is 1. The topological polar surface area (TPSA) is 255 Å². The Morgan fingerprint density at radius 3 is 1.01 bits per heavy atom. The van der Waals surface area contributed by atoms with Gasteiger partial charge in [-0.1, -0.05) is 259 Å². The van der Waals surface area contributed by atoms with Gasteiger partial charge in [-0.2, -0.15) is 20.4 Å². The van der Waals surface area contributed by atoms with Gasteiger partial charge in [-0.25, -0.2) is 0 Å². The average Bonchev–Trinajstić information content (AvgIpc) is 1.58. The van der Waals surface area contributed by atoms with Gasteiger partial charge < -0.3 is 41.8 Å². The van der Waals surface area contributed by atoms with Crippen molar-refractivity contribution < 1.29 is 28.7 Å². The van der Waals surface area contributed by atoms with E-state index in [9.17, 15) is 19.2 Å². The third kappa shape index (κ3) is 20.4. The molecule has 136 heavy (non-hydrogen) atoms. The monoisotopic (exact) mass is 1980 g/mol. The molecule has 0 radical (unpaired) electrons. The summed E-state index contributed by atoms with van der Waals surface area (Å²) in [7, 11) is 3.29. The van der Waals surface area contributed by atoms with Crippen molar-refractivity contribution in [3.05, 3.63) is 268 Å². The molecular weight excluding hydrogens is 1850 g/mol. The van der Waals surface area contributed by atoms with E-state index in [0.717, 1.165) is 89.0 Å². The molecule has 7 aromatic carbocycles. The van der Waals surface area contributed by atoms with Gasteiger partial charge in [-0.3, -0.25) is 38.3 Å². The zero-order chi connectivity index (χ0) is 97.1. The quantitative estimate of drug-likeness (QED) is 0.0197. The summed E-state index contributed by atoms with van der Waals surface area (Å²) in [4.78, 5) is 53.7. The van der Waals surface area contributed by atoms with Crippen molar-refractivity contribution in [2.75, 3.05) is 20.9 Å². The lowest BCUT2D eigenvalue weighted by Gasteiger charge is -2.43. The highest BCUT2D eigenvalue weighted by Crippen LogP contribution is 2.66. The van der Waals surface area contributed by atoms with Gasteiger partial charge in [0.2, 0.25) is 0 Å². The van der Waals surface area contributed by atoms with Gasteiger partial charge in [0.1, 0.15) is 5.69 Å². The number of carbonyl (C=O) groups is 4. The Balaban J connectivity index is 0.000000132. The molecule has 4 amide bonds. The van der Waals surface area contributed by atoms with Crippen LogP contribution in [-0.4, -0.2) is 108 Å². The molecule has 720 valence electrons. The first-order chi connectivity index (χ1) is 64.5. The summed E-state index contributed by atoms with van der Waals surface area (Å²) < 4.78 is 16.3. The number of aryl methyl sites for hydroxylation is 3. The lowest BCUT2D eigenvalue weighted by Crippen LogP contribution is -2.52. The number of amides is 4. The van der Waals surface area contributed by atoms with Crippen LogP contribution >= 0.6 is 62.3 Å². The van der Waals surface area contributed by atoms with Crippen LogP contribution in [0.3, 0.4) is 0 Å². The number of carbonyl (C=O) groups excluding carboxylic acids is 4. The summed E-state index contributed by atoms with van der Waals surface area (Å²) in [6, 6.07) is 56.9. The molecule has 25 heteroatoms. The van der Waals surface area contributed by atoms with Gasteiger partial charge in [0, 0.05) is 99.3 Å². The molecule has 4 aromatic heterocycles. The molecule has 8 saturated carbocycles. The Labute approximate surface area is 831 Å². The summed E-state index contributed by atoms with van der Waals surface area (Å²) in [5.41, 5.74) is 26.5. The number of halogens is 5. The number of hydrogen-bond acceptors (Lipinski definition) is 12. The summed E-state index contributed by atoms with van der Waals surface area (Å²) in [5, 5.41) is 41.8. The second kappa shape index (κ2) is 39.8. The van der Waals surface area contributed by atoms with E-state index in [0.29, 0.717) is 113 Å². The highest BCUT2D eigenvalue weighted by atomic mass is 79.9. The molecule has 8 bridgehead atoms. The number of rotatable bonds is 26. The SMILES string of the molecule is COCc1cc(-c2cc(C(=O)NC3C4(C)CCC(C4)C3(C)C)[nH]n2)ccc1Cl.COCc1cc(-c2cc(C(=O)NC3C4(C)CCC(C4)C3(C)C)nn2Cc2ccc(C)cc2)ccc1Cl.Cc1ccc(Cn2nc(C(=O)NC3C4(C)CCC(C4)C3(C)C)cc2-c2ccc(Cl)c(CBr)c2)cc1.Cc1ccc(Cn2nc(C(=O)NC3C4(C)CCC(C4)C3(C)C)cc2-c2ccc(Cl)c(CNCN)c2)cc1. The summed E-state index contributed by atoms with van der Waals surface area (Å²) in [5.74, 6) is 2.30. The number of aromatic amines is 1. The van der Waals surface area contributed by atoms with Crippen LogP contribution in [-0.2, 0) is 54.2 Å². The van der Waals surface area contributed by atoms with Crippen LogP contribution in [0.2, 0.25) is 20.1 Å². The van der Waals surface area contributed by atoms with Crippen LogP contribution in [0.4, 0.5) is 0 Å². The smallest absolute Gasteiger partial charge is 0.272 e. The molecule has 8 aliphatic carbocycles. The second-order valence-electron chi connectivity index (χ2n) is 44.0. The lowest BCUT2D eigenvalue weighted by atomic mass is 9.68. The fraction of sp³-hybridized carbons (Fsp3) is 0.477. The normalized spacial score (nSPS) is 25.0. The van der Waals surface area contributed by atoms with Crippen LogP contribution in [0.5, 0.6) is 0 Å². The summed E-state index contributed by atoms with van der Waals surface area (Å²) >= 11 is 29.0. The van der Waals surface area contributed by atoms with E-state index >= 15 is 0 Å². The zero-order valence-corrected chi connectivity index (χ0v) is 86.6. The number of nitrogens with two attached hydrogens (primary N) is 1. The highest BCUT2D eigenvalue weighted by molar-refractivity contribution is 9.08. The zero-order valence-electron chi connectivity index (χ0n) is 82.0. The van der Waals surface area contributed by atoms with Crippen molar-refractivity contribution in [1.82, 2.24) is 66.1 Å². The van der Waals surface area contributed by atoms with Gasteiger partial charge in [-0.15, -0.1) is 0 Å². The predicted molar refractivity (Wildman–Crippen MR) is 550 cm³/mol. The number of methoxy groups -OCH3 is 2. The highest BCUT2D eigenvalue weighted by Gasteiger charge is 2.63. The van der Waals surface area contributed by atoms with Gasteiger partial charge in [-0.05, 0) is 277 Å². The Kier molecular flexibility index (Phi) is 29.2. The average molecular weight is 1980 g/mol. The number of aromatic nitrogens is 8. The fourth-order valence-corrected chi connectivity index (χ4v) is 26.6. The Hall–Kier alpha value is -9.26. The number of nitrogens with one attached hydrogen (secondary N) is 6. The number of ether oxygens (including phenoxy) is 2. The molecular formula is C111H135BrCl4N14O6. The molecule has 12 atom stereocenters. The van der Waals surface area contributed by atoms with Crippen molar-refractivity contribution >= 4 is 86.0 Å². The van der Waals surface area contributed by atoms with E-state index in [1.807, 2.05) is 92.9 Å². The molecule has 8 aliphatic rings. The molecule has 0 spiro atoms. The maximum absolute atomic E-state index is 13.6. The molecule has 0 aliphatic heterocycles. The van der Waals surface area contributed by atoms with Crippen molar-refractivity contribution in [3.63, 3.8) is 0 Å². The largest absolute Gasteiger partial charge is 0.380 e. The Morgan fingerprint density at radius 1 is 0.404 bits per heavy atom. The van der Waals surface area contributed by atoms with Crippen LogP contribution < -0.4 is 32.3 Å². The van der Waals surface area contributed by atoms with E-state index < -0.39 is 0 Å². The molecule has 4 heterocycles. The van der Waals surface area contributed by atoms with E-state index in [1.54, 1.807) is 20.3 Å². The third-order valence-corrected chi connectivity index (χ3v) is 35.0. The number of nitrogens with zero attached hydrogens (tertiary/aromatic N) is 7. The van der Waals surface area contributed by atoms with E-state index in [2.05, 4.69) is 241 Å². The third-order valence-electron chi connectivity index (χ3n) is 33.0. The lowest BCUT2D eigenvalue weighted by molar-refractivity contribution is 0.0729. The van der Waals surface area contributed by atoms with Crippen molar-refractivity contribution in [2.24, 2.45) is 72.7 Å². The van der Waals surface area contributed by atoms with Crippen molar-refractivity contribution in [2.45, 2.75) is 250 Å². The van der Waals surface area contributed by atoms with E-state index in [4.69, 9.17) is 76.9 Å².